The van der Waals surface area contributed by atoms with Crippen LogP contribution >= 0.6 is 11.6 Å². The molecule has 1 heterocycles. The predicted octanol–water partition coefficient (Wildman–Crippen LogP) is 6.05. The van der Waals surface area contributed by atoms with Crippen molar-refractivity contribution in [3.63, 3.8) is 0 Å². The molecule has 1 fully saturated rings. The third-order valence-electron chi connectivity index (χ3n) is 5.88. The molecule has 1 N–H and O–H groups in total. The van der Waals surface area contributed by atoms with Crippen molar-refractivity contribution in [2.75, 3.05) is 4.90 Å². The Bertz CT molecular complexity index is 1540. The van der Waals surface area contributed by atoms with Crippen molar-refractivity contribution in [2.24, 2.45) is 0 Å². The van der Waals surface area contributed by atoms with Gasteiger partial charge in [-0.05, 0) is 59.7 Å². The van der Waals surface area contributed by atoms with Gasteiger partial charge in [0.1, 0.15) is 17.9 Å². The fraction of sp³-hybridized carbons (Fsp3) is 0.0690. The number of imide groups is 2. The van der Waals surface area contributed by atoms with E-state index in [-0.39, 0.29) is 5.57 Å². The average molecular weight is 497 g/mol. The molecule has 1 saturated heterocycles. The zero-order chi connectivity index (χ0) is 25.2. The van der Waals surface area contributed by atoms with E-state index in [0.717, 1.165) is 26.8 Å². The number of fused-ring (bicyclic) bond motifs is 1. The highest BCUT2D eigenvalue weighted by Gasteiger charge is 2.37. The lowest BCUT2D eigenvalue weighted by atomic mass is 9.99. The smallest absolute Gasteiger partial charge is 0.335 e. The van der Waals surface area contributed by atoms with E-state index in [2.05, 4.69) is 5.32 Å². The molecule has 5 rings (SSSR count). The molecule has 0 unspecified atom stereocenters. The van der Waals surface area contributed by atoms with E-state index in [1.807, 2.05) is 67.6 Å². The Labute approximate surface area is 212 Å². The maximum absolute atomic E-state index is 13.4. The number of aryl methyl sites for hydroxylation is 1. The molecule has 1 aliphatic rings. The molecule has 178 valence electrons. The van der Waals surface area contributed by atoms with Gasteiger partial charge in [-0.1, -0.05) is 71.8 Å². The molecule has 4 amide bonds. The molecule has 0 aliphatic carbocycles. The largest absolute Gasteiger partial charge is 0.488 e. The average Bonchev–Trinajstić information content (AvgIpc) is 2.86. The molecule has 0 bridgehead atoms. The molecule has 7 heteroatoms. The second-order valence-corrected chi connectivity index (χ2v) is 8.85. The molecule has 0 aromatic heterocycles. The summed E-state index contributed by atoms with van der Waals surface area (Å²) in [6, 6.07) is 24.7. The van der Waals surface area contributed by atoms with Gasteiger partial charge >= 0.3 is 6.03 Å². The van der Waals surface area contributed by atoms with Crippen LogP contribution in [0.25, 0.3) is 16.8 Å². The number of amides is 4. The number of anilines is 1. The van der Waals surface area contributed by atoms with Gasteiger partial charge in [-0.25, -0.2) is 9.69 Å². The van der Waals surface area contributed by atoms with Crippen LogP contribution in [-0.2, 0) is 16.2 Å². The summed E-state index contributed by atoms with van der Waals surface area (Å²) in [7, 11) is 0. The Kier molecular flexibility index (Phi) is 6.27. The second-order valence-electron chi connectivity index (χ2n) is 8.41. The quantitative estimate of drug-likeness (QED) is 0.270. The summed E-state index contributed by atoms with van der Waals surface area (Å²) in [5, 5.41) is 4.45. The number of barbiturate groups is 1. The standard InChI is InChI=1S/C29H21ClN2O4/c1-18-5-4-6-19(15-18)17-36-26-14-9-20-7-2-3-8-23(20)24(26)16-25-27(33)31-29(35)32(28(25)34)22-12-10-21(30)11-13-22/h2-16H,17H2,1H3,(H,31,33,35)/b25-16+. The third-order valence-corrected chi connectivity index (χ3v) is 6.13. The first kappa shape index (κ1) is 23.3. The monoisotopic (exact) mass is 496 g/mol. The van der Waals surface area contributed by atoms with E-state index < -0.39 is 17.8 Å². The fourth-order valence-corrected chi connectivity index (χ4v) is 4.27. The van der Waals surface area contributed by atoms with E-state index in [1.165, 1.54) is 6.08 Å². The minimum atomic E-state index is -0.821. The van der Waals surface area contributed by atoms with Gasteiger partial charge in [-0.3, -0.25) is 14.9 Å². The summed E-state index contributed by atoms with van der Waals surface area (Å²) in [6.07, 6.45) is 1.49. The lowest BCUT2D eigenvalue weighted by Crippen LogP contribution is -2.54. The molecule has 4 aromatic rings. The van der Waals surface area contributed by atoms with Gasteiger partial charge in [0.25, 0.3) is 11.8 Å². The van der Waals surface area contributed by atoms with Crippen LogP contribution in [0, 0.1) is 6.92 Å². The Balaban J connectivity index is 1.58. The number of carbonyl (C=O) groups is 3. The van der Waals surface area contributed by atoms with Crippen LogP contribution in [0.15, 0.2) is 90.5 Å². The number of urea groups is 1. The maximum Gasteiger partial charge on any atom is 0.335 e. The molecule has 0 saturated carbocycles. The summed E-state index contributed by atoms with van der Waals surface area (Å²) in [4.78, 5) is 39.7. The number of hydrogen-bond acceptors (Lipinski definition) is 4. The van der Waals surface area contributed by atoms with Crippen molar-refractivity contribution >= 4 is 52.0 Å². The molecule has 0 spiro atoms. The molecular weight excluding hydrogens is 476 g/mol. The highest BCUT2D eigenvalue weighted by atomic mass is 35.5. The maximum atomic E-state index is 13.4. The van der Waals surface area contributed by atoms with Gasteiger partial charge in [-0.15, -0.1) is 0 Å². The first-order valence-electron chi connectivity index (χ1n) is 11.3. The molecule has 6 nitrogen and oxygen atoms in total. The fourth-order valence-electron chi connectivity index (χ4n) is 4.14. The molecule has 36 heavy (non-hydrogen) atoms. The Hall–Kier alpha value is -4.42. The number of halogens is 1. The van der Waals surface area contributed by atoms with Crippen molar-refractivity contribution in [3.05, 3.63) is 112 Å². The minimum Gasteiger partial charge on any atom is -0.488 e. The second kappa shape index (κ2) is 9.68. The van der Waals surface area contributed by atoms with Gasteiger partial charge < -0.3 is 4.74 Å². The number of carbonyl (C=O) groups excluding carboxylic acids is 3. The van der Waals surface area contributed by atoms with Gasteiger partial charge in [0.2, 0.25) is 0 Å². The van der Waals surface area contributed by atoms with E-state index in [4.69, 9.17) is 16.3 Å². The van der Waals surface area contributed by atoms with Crippen molar-refractivity contribution in [2.45, 2.75) is 13.5 Å². The number of ether oxygens (including phenoxy) is 1. The van der Waals surface area contributed by atoms with Crippen LogP contribution in [0.1, 0.15) is 16.7 Å². The zero-order valence-electron chi connectivity index (χ0n) is 19.3. The van der Waals surface area contributed by atoms with Gasteiger partial charge in [-0.2, -0.15) is 0 Å². The summed E-state index contributed by atoms with van der Waals surface area (Å²) >= 11 is 5.95. The van der Waals surface area contributed by atoms with Crippen molar-refractivity contribution in [1.29, 1.82) is 0 Å². The van der Waals surface area contributed by atoms with Crippen LogP contribution in [0.3, 0.4) is 0 Å². The Morgan fingerprint density at radius 1 is 0.917 bits per heavy atom. The van der Waals surface area contributed by atoms with E-state index in [9.17, 15) is 14.4 Å². The number of rotatable bonds is 5. The predicted molar refractivity (Wildman–Crippen MR) is 140 cm³/mol. The number of nitrogens with one attached hydrogen (secondary N) is 1. The molecule has 4 aromatic carbocycles. The minimum absolute atomic E-state index is 0.179. The summed E-state index contributed by atoms with van der Waals surface area (Å²) < 4.78 is 6.16. The lowest BCUT2D eigenvalue weighted by molar-refractivity contribution is -0.122. The highest BCUT2D eigenvalue weighted by molar-refractivity contribution is 6.39. The first-order chi connectivity index (χ1) is 17.4. The Morgan fingerprint density at radius 3 is 2.47 bits per heavy atom. The Morgan fingerprint density at radius 2 is 1.69 bits per heavy atom. The summed E-state index contributed by atoms with van der Waals surface area (Å²) in [5.41, 5.74) is 2.81. The summed E-state index contributed by atoms with van der Waals surface area (Å²) in [5.74, 6) is -0.991. The van der Waals surface area contributed by atoms with E-state index >= 15 is 0 Å². The first-order valence-corrected chi connectivity index (χ1v) is 11.7. The molecule has 0 atom stereocenters. The van der Waals surface area contributed by atoms with Crippen molar-refractivity contribution < 1.29 is 19.1 Å². The highest BCUT2D eigenvalue weighted by Crippen LogP contribution is 2.32. The number of hydrogen-bond donors (Lipinski definition) is 1. The van der Waals surface area contributed by atoms with E-state index in [0.29, 0.717) is 28.6 Å². The van der Waals surface area contributed by atoms with Gasteiger partial charge in [0.05, 0.1) is 5.69 Å². The lowest BCUT2D eigenvalue weighted by Gasteiger charge is -2.26. The van der Waals surface area contributed by atoms with E-state index in [1.54, 1.807) is 24.3 Å². The van der Waals surface area contributed by atoms with Crippen LogP contribution in [0.4, 0.5) is 10.5 Å². The normalized spacial score (nSPS) is 14.9. The van der Waals surface area contributed by atoms with Crippen LogP contribution < -0.4 is 15.0 Å². The molecule has 0 radical (unpaired) electrons. The van der Waals surface area contributed by atoms with Gasteiger partial charge in [0.15, 0.2) is 0 Å². The van der Waals surface area contributed by atoms with Crippen LogP contribution in [0.5, 0.6) is 5.75 Å². The number of benzene rings is 4. The molecule has 1 aliphatic heterocycles. The van der Waals surface area contributed by atoms with Crippen molar-refractivity contribution in [3.8, 4) is 5.75 Å². The summed E-state index contributed by atoms with van der Waals surface area (Å²) in [6.45, 7) is 2.32. The van der Waals surface area contributed by atoms with Crippen LogP contribution in [-0.4, -0.2) is 17.8 Å². The van der Waals surface area contributed by atoms with Crippen molar-refractivity contribution in [1.82, 2.24) is 5.32 Å². The molecular formula is C29H21ClN2O4. The van der Waals surface area contributed by atoms with Gasteiger partial charge in [0, 0.05) is 10.6 Å². The third kappa shape index (κ3) is 4.59. The SMILES string of the molecule is Cc1cccc(COc2ccc3ccccc3c2/C=C2\C(=O)NC(=O)N(c3ccc(Cl)cc3)C2=O)c1. The zero-order valence-corrected chi connectivity index (χ0v) is 20.1. The number of nitrogens with zero attached hydrogens (tertiary/aromatic N) is 1. The van der Waals surface area contributed by atoms with Crippen LogP contribution in [0.2, 0.25) is 5.02 Å². The topological polar surface area (TPSA) is 75.7 Å².